The second-order valence-corrected chi connectivity index (χ2v) is 6.51. The van der Waals surface area contributed by atoms with Gasteiger partial charge in [-0.25, -0.2) is 4.98 Å². The van der Waals surface area contributed by atoms with E-state index in [1.165, 1.54) is 28.0 Å². The topological polar surface area (TPSA) is 99.5 Å². The number of benzene rings is 1. The molecule has 0 aliphatic heterocycles. The smallest absolute Gasteiger partial charge is 0.252 e. The van der Waals surface area contributed by atoms with Gasteiger partial charge < -0.3 is 20.3 Å². The minimum absolute atomic E-state index is 0.121. The van der Waals surface area contributed by atoms with Gasteiger partial charge in [0.2, 0.25) is 0 Å². The van der Waals surface area contributed by atoms with Crippen molar-refractivity contribution >= 4 is 23.5 Å². The largest absolute Gasteiger partial charge is 0.382 e. The van der Waals surface area contributed by atoms with Crippen LogP contribution in [-0.2, 0) is 22.6 Å². The quantitative estimate of drug-likeness (QED) is 0.645. The Balaban J connectivity index is 1.96. The predicted octanol–water partition coefficient (Wildman–Crippen LogP) is 0.888. The Labute approximate surface area is 144 Å². The van der Waals surface area contributed by atoms with E-state index in [2.05, 4.69) is 36.3 Å². The monoisotopic (exact) mass is 348 g/mol. The zero-order valence-electron chi connectivity index (χ0n) is 13.5. The minimum atomic E-state index is -1.77. The molecule has 0 spiro atoms. The number of nitrogens with one attached hydrogen (secondary N) is 1. The Morgan fingerprint density at radius 2 is 2.00 bits per heavy atom. The van der Waals surface area contributed by atoms with Crippen molar-refractivity contribution in [3.05, 3.63) is 51.0 Å². The van der Waals surface area contributed by atoms with Crippen LogP contribution in [0.2, 0.25) is 0 Å². The first-order valence-electron chi connectivity index (χ1n) is 7.50. The highest BCUT2D eigenvalue weighted by Crippen LogP contribution is 2.19. The van der Waals surface area contributed by atoms with Gasteiger partial charge in [-0.1, -0.05) is 18.2 Å². The molecule has 0 saturated heterocycles. The molecule has 0 bridgehead atoms. The molecule has 1 amide bonds. The molecule has 0 fully saturated rings. The van der Waals surface area contributed by atoms with Crippen molar-refractivity contribution in [2.75, 3.05) is 0 Å². The van der Waals surface area contributed by atoms with Crippen LogP contribution in [0.15, 0.2) is 23.6 Å². The number of carbonyl (C=O) groups is 2. The number of aliphatic hydroxyl groups is 2. The average Bonchev–Trinajstić information content (AvgIpc) is 3.02. The molecule has 0 saturated carbocycles. The lowest BCUT2D eigenvalue weighted by atomic mass is 9.99. The molecule has 1 aromatic carbocycles. The van der Waals surface area contributed by atoms with E-state index in [-0.39, 0.29) is 12.8 Å². The number of rotatable bonds is 7. The summed E-state index contributed by atoms with van der Waals surface area (Å²) < 4.78 is 0. The molecule has 6 nitrogen and oxygen atoms in total. The number of nitrogens with zero attached hydrogens (tertiary/aromatic N) is 1. The second-order valence-electron chi connectivity index (χ2n) is 5.57. The third kappa shape index (κ3) is 4.47. The summed E-state index contributed by atoms with van der Waals surface area (Å²) in [4.78, 5) is 26.4. The second kappa shape index (κ2) is 8.14. The van der Waals surface area contributed by atoms with Gasteiger partial charge in [-0.2, -0.15) is 0 Å². The van der Waals surface area contributed by atoms with Gasteiger partial charge in [0.05, 0.1) is 12.2 Å². The van der Waals surface area contributed by atoms with Crippen LogP contribution in [0, 0.1) is 13.8 Å². The summed E-state index contributed by atoms with van der Waals surface area (Å²) >= 11 is 1.41. The normalized spacial score (nSPS) is 13.3. The van der Waals surface area contributed by atoms with Crippen LogP contribution in [0.25, 0.3) is 0 Å². The summed E-state index contributed by atoms with van der Waals surface area (Å²) in [5.74, 6) is -0.805. The van der Waals surface area contributed by atoms with Gasteiger partial charge in [-0.05, 0) is 30.5 Å². The average molecular weight is 348 g/mol. The minimum Gasteiger partial charge on any atom is -0.382 e. The molecule has 2 rings (SSSR count). The van der Waals surface area contributed by atoms with Gasteiger partial charge in [-0.3, -0.25) is 4.79 Å². The fraction of sp³-hybridized carbons (Fsp3) is 0.353. The highest BCUT2D eigenvalue weighted by Gasteiger charge is 2.23. The summed E-state index contributed by atoms with van der Waals surface area (Å²) in [5.41, 5.74) is 4.57. The number of thiazole rings is 1. The molecule has 2 atom stereocenters. The highest BCUT2D eigenvalue weighted by atomic mass is 32.1. The molecule has 0 aliphatic carbocycles. The fourth-order valence-corrected chi connectivity index (χ4v) is 3.05. The SMILES string of the molecule is Cc1cccc(C)c1Cc1csc(CNC(=O)C(O)C(O)C=O)n1. The van der Waals surface area contributed by atoms with Crippen molar-refractivity contribution in [3.8, 4) is 0 Å². The van der Waals surface area contributed by atoms with Crippen molar-refractivity contribution in [2.24, 2.45) is 0 Å². The summed E-state index contributed by atoms with van der Waals surface area (Å²) in [6.07, 6.45) is -2.65. The number of amides is 1. The Morgan fingerprint density at radius 3 is 2.62 bits per heavy atom. The molecule has 2 unspecified atom stereocenters. The number of aldehydes is 1. The van der Waals surface area contributed by atoms with Gasteiger partial charge in [-0.15, -0.1) is 11.3 Å². The standard InChI is InChI=1S/C17H20N2O4S/c1-10-4-3-5-11(2)13(10)6-12-9-24-15(19-12)7-18-17(23)16(22)14(21)8-20/h3-5,8-9,14,16,21-22H,6-7H2,1-2H3,(H,18,23). The maximum absolute atomic E-state index is 11.6. The first kappa shape index (κ1) is 18.3. The Bertz CT molecular complexity index is 709. The Hall–Kier alpha value is -2.09. The third-order valence-electron chi connectivity index (χ3n) is 3.75. The lowest BCUT2D eigenvalue weighted by Crippen LogP contribution is -2.42. The summed E-state index contributed by atoms with van der Waals surface area (Å²) in [6.45, 7) is 4.27. The van der Waals surface area contributed by atoms with Crippen molar-refractivity contribution in [1.29, 1.82) is 0 Å². The van der Waals surface area contributed by atoms with Crippen molar-refractivity contribution in [3.63, 3.8) is 0 Å². The summed E-state index contributed by atoms with van der Waals surface area (Å²) in [7, 11) is 0. The molecule has 1 aromatic heterocycles. The predicted molar refractivity (Wildman–Crippen MR) is 90.8 cm³/mol. The van der Waals surface area contributed by atoms with E-state index in [1.807, 2.05) is 11.4 Å². The lowest BCUT2D eigenvalue weighted by Gasteiger charge is -2.11. The van der Waals surface area contributed by atoms with Gasteiger partial charge in [0.25, 0.3) is 5.91 Å². The first-order chi connectivity index (χ1) is 11.4. The molecule has 0 radical (unpaired) electrons. The highest BCUT2D eigenvalue weighted by molar-refractivity contribution is 7.09. The molecule has 3 N–H and O–H groups in total. The van der Waals surface area contributed by atoms with Crippen LogP contribution < -0.4 is 5.32 Å². The van der Waals surface area contributed by atoms with E-state index in [9.17, 15) is 14.7 Å². The van der Waals surface area contributed by atoms with Gasteiger partial charge >= 0.3 is 0 Å². The van der Waals surface area contributed by atoms with Crippen LogP contribution in [0.1, 0.15) is 27.4 Å². The molecular formula is C17H20N2O4S. The molecule has 1 heterocycles. The van der Waals surface area contributed by atoms with Crippen LogP contribution in [0.5, 0.6) is 0 Å². The number of aryl methyl sites for hydroxylation is 2. The zero-order chi connectivity index (χ0) is 17.7. The fourth-order valence-electron chi connectivity index (χ4n) is 2.32. The maximum Gasteiger partial charge on any atom is 0.252 e. The summed E-state index contributed by atoms with van der Waals surface area (Å²) in [6, 6.07) is 6.15. The van der Waals surface area contributed by atoms with Crippen molar-refractivity contribution in [2.45, 2.75) is 39.0 Å². The zero-order valence-corrected chi connectivity index (χ0v) is 14.3. The Kier molecular flexibility index (Phi) is 6.19. The van der Waals surface area contributed by atoms with E-state index >= 15 is 0 Å². The summed E-state index contributed by atoms with van der Waals surface area (Å²) in [5, 5.41) is 23.6. The maximum atomic E-state index is 11.6. The van der Waals surface area contributed by atoms with Gasteiger partial charge in [0.1, 0.15) is 11.1 Å². The number of hydrogen-bond acceptors (Lipinski definition) is 6. The van der Waals surface area contributed by atoms with E-state index in [0.29, 0.717) is 5.01 Å². The molecule has 24 heavy (non-hydrogen) atoms. The van der Waals surface area contributed by atoms with Crippen LogP contribution >= 0.6 is 11.3 Å². The first-order valence-corrected chi connectivity index (χ1v) is 8.38. The number of aliphatic hydroxyl groups excluding tert-OH is 2. The molecular weight excluding hydrogens is 328 g/mol. The van der Waals surface area contributed by atoms with Crippen LogP contribution in [-0.4, -0.2) is 39.6 Å². The third-order valence-corrected chi connectivity index (χ3v) is 4.64. The van der Waals surface area contributed by atoms with E-state index in [4.69, 9.17) is 5.11 Å². The van der Waals surface area contributed by atoms with Crippen LogP contribution in [0.3, 0.4) is 0 Å². The molecule has 128 valence electrons. The number of aromatic nitrogens is 1. The van der Waals surface area contributed by atoms with E-state index < -0.39 is 18.1 Å². The lowest BCUT2D eigenvalue weighted by molar-refractivity contribution is -0.139. The number of hydrogen-bond donors (Lipinski definition) is 3. The molecule has 0 aliphatic rings. The van der Waals surface area contributed by atoms with E-state index in [0.717, 1.165) is 12.1 Å². The Morgan fingerprint density at radius 1 is 1.33 bits per heavy atom. The number of carbonyl (C=O) groups excluding carboxylic acids is 2. The van der Waals surface area contributed by atoms with E-state index in [1.54, 1.807) is 0 Å². The molecule has 7 heteroatoms. The van der Waals surface area contributed by atoms with Gasteiger partial charge in [0.15, 0.2) is 12.4 Å². The van der Waals surface area contributed by atoms with Crippen LogP contribution in [0.4, 0.5) is 0 Å². The van der Waals surface area contributed by atoms with Crippen molar-refractivity contribution in [1.82, 2.24) is 10.3 Å². The molecule has 2 aromatic rings. The van der Waals surface area contributed by atoms with Gasteiger partial charge in [0, 0.05) is 11.8 Å². The van der Waals surface area contributed by atoms with Crippen molar-refractivity contribution < 1.29 is 19.8 Å².